The number of hydrogen-bond acceptors (Lipinski definition) is 4. The topological polar surface area (TPSA) is 84.5 Å². The lowest BCUT2D eigenvalue weighted by Gasteiger charge is -2.09. The van der Waals surface area contributed by atoms with Crippen LogP contribution in [0.15, 0.2) is 72.8 Å². The quantitative estimate of drug-likeness (QED) is 0.698. The molecule has 0 radical (unpaired) electrons. The highest BCUT2D eigenvalue weighted by atomic mass is 16.5. The summed E-state index contributed by atoms with van der Waals surface area (Å²) in [7, 11) is 0. The minimum Gasteiger partial charge on any atom is -0.457 e. The van der Waals surface area contributed by atoms with Crippen molar-refractivity contribution in [3.05, 3.63) is 89.5 Å². The van der Waals surface area contributed by atoms with E-state index in [1.807, 2.05) is 6.07 Å². The Morgan fingerprint density at radius 1 is 0.778 bits per heavy atom. The van der Waals surface area contributed by atoms with Crippen molar-refractivity contribution in [2.45, 2.75) is 0 Å². The molecule has 1 aliphatic rings. The smallest absolute Gasteiger partial charge is 0.259 e. The molecule has 0 spiro atoms. The molecule has 0 atom stereocenters. The van der Waals surface area contributed by atoms with Crippen molar-refractivity contribution in [3.8, 4) is 11.5 Å². The second-order valence-electron chi connectivity index (χ2n) is 5.94. The molecule has 6 heteroatoms. The Bertz CT molecular complexity index is 1040. The maximum atomic E-state index is 12.1. The van der Waals surface area contributed by atoms with Crippen LogP contribution in [-0.2, 0) is 0 Å². The molecule has 0 aliphatic carbocycles. The van der Waals surface area contributed by atoms with E-state index in [1.54, 1.807) is 60.7 Å². The molecule has 6 nitrogen and oxygen atoms in total. The van der Waals surface area contributed by atoms with Crippen molar-refractivity contribution in [1.29, 1.82) is 0 Å². The van der Waals surface area contributed by atoms with E-state index < -0.39 is 11.8 Å². The highest BCUT2D eigenvalue weighted by molar-refractivity contribution is 6.21. The van der Waals surface area contributed by atoms with Crippen LogP contribution >= 0.6 is 0 Å². The van der Waals surface area contributed by atoms with Crippen LogP contribution in [0.5, 0.6) is 11.5 Å². The van der Waals surface area contributed by atoms with Crippen molar-refractivity contribution in [1.82, 2.24) is 5.32 Å². The fourth-order valence-corrected chi connectivity index (χ4v) is 2.75. The fraction of sp³-hybridized carbons (Fsp3) is 0. The van der Waals surface area contributed by atoms with E-state index in [-0.39, 0.29) is 5.91 Å². The summed E-state index contributed by atoms with van der Waals surface area (Å²) >= 11 is 0. The number of nitrogens with one attached hydrogen (secondary N) is 2. The molecule has 0 bridgehead atoms. The van der Waals surface area contributed by atoms with Gasteiger partial charge < -0.3 is 10.1 Å². The molecule has 1 heterocycles. The summed E-state index contributed by atoms with van der Waals surface area (Å²) in [6.07, 6.45) is 0. The van der Waals surface area contributed by atoms with Crippen LogP contribution in [-0.4, -0.2) is 17.7 Å². The minimum absolute atomic E-state index is 0.196. The third kappa shape index (κ3) is 3.41. The monoisotopic (exact) mass is 358 g/mol. The Morgan fingerprint density at radius 3 is 2.19 bits per heavy atom. The van der Waals surface area contributed by atoms with Gasteiger partial charge in [-0.1, -0.05) is 18.2 Å². The molecular weight excluding hydrogens is 344 g/mol. The molecule has 0 unspecified atom stereocenters. The Morgan fingerprint density at radius 2 is 1.44 bits per heavy atom. The number of benzene rings is 3. The third-order valence-electron chi connectivity index (χ3n) is 4.09. The van der Waals surface area contributed by atoms with Gasteiger partial charge in [0.1, 0.15) is 11.5 Å². The maximum Gasteiger partial charge on any atom is 0.259 e. The van der Waals surface area contributed by atoms with Gasteiger partial charge in [-0.25, -0.2) is 0 Å². The summed E-state index contributed by atoms with van der Waals surface area (Å²) in [5, 5.41) is 5.05. The van der Waals surface area contributed by atoms with Gasteiger partial charge in [0.15, 0.2) is 0 Å². The van der Waals surface area contributed by atoms with Crippen LogP contribution in [0.4, 0.5) is 5.69 Å². The van der Waals surface area contributed by atoms with E-state index in [9.17, 15) is 14.4 Å². The van der Waals surface area contributed by atoms with Gasteiger partial charge in [-0.3, -0.25) is 19.7 Å². The molecule has 0 saturated heterocycles. The molecule has 0 fully saturated rings. The summed E-state index contributed by atoms with van der Waals surface area (Å²) in [6, 6.07) is 20.5. The van der Waals surface area contributed by atoms with Crippen LogP contribution in [0.2, 0.25) is 0 Å². The van der Waals surface area contributed by atoms with Crippen molar-refractivity contribution in [2.24, 2.45) is 0 Å². The maximum absolute atomic E-state index is 12.1. The second-order valence-corrected chi connectivity index (χ2v) is 5.94. The van der Waals surface area contributed by atoms with Gasteiger partial charge in [0.2, 0.25) is 0 Å². The molecule has 3 aromatic carbocycles. The standard InChI is InChI=1S/C21H14N2O4/c24-19(13-4-2-1-3-5-13)22-14-6-8-15(9-7-14)27-16-10-11-17-18(12-16)21(26)23-20(17)25/h1-12H,(H,22,24)(H,23,25,26). The number of hydrogen-bond donors (Lipinski definition) is 2. The summed E-state index contributed by atoms with van der Waals surface area (Å²) < 4.78 is 5.73. The molecular formula is C21H14N2O4. The zero-order valence-electron chi connectivity index (χ0n) is 14.1. The number of ether oxygens (including phenoxy) is 1. The highest BCUT2D eigenvalue weighted by Crippen LogP contribution is 2.27. The van der Waals surface area contributed by atoms with Gasteiger partial charge in [0.05, 0.1) is 11.1 Å². The Hall–Kier alpha value is -3.93. The second kappa shape index (κ2) is 6.76. The first-order valence-electron chi connectivity index (χ1n) is 8.24. The SMILES string of the molecule is O=C(Nc1ccc(Oc2ccc3c(c2)C(=O)NC3=O)cc1)c1ccccc1. The summed E-state index contributed by atoms with van der Waals surface area (Å²) in [5.41, 5.74) is 1.84. The molecule has 0 saturated carbocycles. The molecule has 2 N–H and O–H groups in total. The lowest BCUT2D eigenvalue weighted by molar-refractivity contribution is 0.0878. The molecule has 1 aliphatic heterocycles. The largest absolute Gasteiger partial charge is 0.457 e. The number of anilines is 1. The van der Waals surface area contributed by atoms with Crippen molar-refractivity contribution < 1.29 is 19.1 Å². The van der Waals surface area contributed by atoms with E-state index in [2.05, 4.69) is 10.6 Å². The first-order valence-corrected chi connectivity index (χ1v) is 8.24. The summed E-state index contributed by atoms with van der Waals surface area (Å²) in [5.74, 6) is -0.0462. The Labute approximate surface area is 154 Å². The van der Waals surface area contributed by atoms with Crippen LogP contribution < -0.4 is 15.4 Å². The minimum atomic E-state index is -0.431. The van der Waals surface area contributed by atoms with E-state index in [0.717, 1.165) is 0 Å². The zero-order valence-corrected chi connectivity index (χ0v) is 14.1. The van der Waals surface area contributed by atoms with Crippen LogP contribution in [0.25, 0.3) is 0 Å². The first kappa shape index (κ1) is 16.5. The highest BCUT2D eigenvalue weighted by Gasteiger charge is 2.26. The van der Waals surface area contributed by atoms with Crippen LogP contribution in [0.1, 0.15) is 31.1 Å². The zero-order chi connectivity index (χ0) is 18.8. The lowest BCUT2D eigenvalue weighted by atomic mass is 10.1. The Kier molecular flexibility index (Phi) is 4.14. The van der Waals surface area contributed by atoms with Crippen LogP contribution in [0.3, 0.4) is 0 Å². The van der Waals surface area contributed by atoms with Gasteiger partial charge in [0.25, 0.3) is 17.7 Å². The van der Waals surface area contributed by atoms with Gasteiger partial charge >= 0.3 is 0 Å². The predicted octanol–water partition coefficient (Wildman–Crippen LogP) is 3.61. The van der Waals surface area contributed by atoms with E-state index in [1.165, 1.54) is 6.07 Å². The summed E-state index contributed by atoms with van der Waals surface area (Å²) in [4.78, 5) is 35.4. The molecule has 27 heavy (non-hydrogen) atoms. The lowest BCUT2D eigenvalue weighted by Crippen LogP contribution is -2.19. The molecule has 132 valence electrons. The number of amides is 3. The van der Waals surface area contributed by atoms with Crippen molar-refractivity contribution in [3.63, 3.8) is 0 Å². The van der Waals surface area contributed by atoms with E-state index >= 15 is 0 Å². The average Bonchev–Trinajstić information content (AvgIpc) is 2.97. The number of imide groups is 1. The summed E-state index contributed by atoms with van der Waals surface area (Å²) in [6.45, 7) is 0. The van der Waals surface area contributed by atoms with Crippen molar-refractivity contribution >= 4 is 23.4 Å². The number of carbonyl (C=O) groups excluding carboxylic acids is 3. The van der Waals surface area contributed by atoms with Gasteiger partial charge in [0, 0.05) is 11.3 Å². The number of fused-ring (bicyclic) bond motifs is 1. The normalized spacial score (nSPS) is 12.3. The first-order chi connectivity index (χ1) is 13.1. The molecule has 3 aromatic rings. The van der Waals surface area contributed by atoms with Gasteiger partial charge in [-0.2, -0.15) is 0 Å². The predicted molar refractivity (Wildman–Crippen MR) is 99.1 cm³/mol. The van der Waals surface area contributed by atoms with E-state index in [4.69, 9.17) is 4.74 Å². The average molecular weight is 358 g/mol. The Balaban J connectivity index is 1.46. The third-order valence-corrected chi connectivity index (χ3v) is 4.09. The fourth-order valence-electron chi connectivity index (χ4n) is 2.75. The molecule has 3 amide bonds. The van der Waals surface area contributed by atoms with E-state index in [0.29, 0.717) is 33.9 Å². The van der Waals surface area contributed by atoms with Gasteiger partial charge in [-0.05, 0) is 54.6 Å². The van der Waals surface area contributed by atoms with Gasteiger partial charge in [-0.15, -0.1) is 0 Å². The van der Waals surface area contributed by atoms with Crippen molar-refractivity contribution in [2.75, 3.05) is 5.32 Å². The number of carbonyl (C=O) groups is 3. The van der Waals surface area contributed by atoms with Crippen LogP contribution in [0, 0.1) is 0 Å². The molecule has 0 aromatic heterocycles. The molecule has 4 rings (SSSR count). The number of rotatable bonds is 4.